The molecule has 1 amide bonds. The lowest BCUT2D eigenvalue weighted by atomic mass is 9.92. The Balaban J connectivity index is 2.91. The maximum absolute atomic E-state index is 11.5. The van der Waals surface area contributed by atoms with E-state index < -0.39 is 18.3 Å². The first kappa shape index (κ1) is 19.4. The minimum atomic E-state index is -0.759. The molecule has 0 fully saturated rings. The van der Waals surface area contributed by atoms with E-state index in [2.05, 4.69) is 5.32 Å². The molecule has 7 nitrogen and oxygen atoms in total. The normalized spacial score (nSPS) is 24.1. The summed E-state index contributed by atoms with van der Waals surface area (Å²) in [5.74, 6) is 0.236. The standard InChI is InChI=1S/C16H28N2O5/c1-5-11(6-2)22-14-9-12(23-16(20)21-7-3)8-13(17)15(14)18-10(4)19/h9,11,13-15H,5-8,17H2,1-4H3,(H,18,19)/t13-,14+,15+/m0/s1. The average molecular weight is 328 g/mol. The first-order valence-electron chi connectivity index (χ1n) is 8.14. The molecule has 0 unspecified atom stereocenters. The van der Waals surface area contributed by atoms with Crippen LogP contribution in [0.25, 0.3) is 0 Å². The third-order valence-corrected chi connectivity index (χ3v) is 3.71. The van der Waals surface area contributed by atoms with Crippen molar-refractivity contribution >= 4 is 12.1 Å². The van der Waals surface area contributed by atoms with E-state index in [1.54, 1.807) is 13.0 Å². The molecule has 0 saturated heterocycles. The fourth-order valence-electron chi connectivity index (χ4n) is 2.54. The van der Waals surface area contributed by atoms with Crippen LogP contribution in [0, 0.1) is 0 Å². The molecule has 0 aromatic heterocycles. The minimum Gasteiger partial charge on any atom is -0.434 e. The third kappa shape index (κ3) is 6.19. The fraction of sp³-hybridized carbons (Fsp3) is 0.750. The SMILES string of the molecule is CCOC(=O)OC1=C[C@@H](OC(CC)CC)[C@H](NC(C)=O)[C@@H](N)C1. The van der Waals surface area contributed by atoms with E-state index in [0.717, 1.165) is 12.8 Å². The van der Waals surface area contributed by atoms with Crippen molar-refractivity contribution in [1.29, 1.82) is 0 Å². The fourth-order valence-corrected chi connectivity index (χ4v) is 2.54. The molecule has 132 valence electrons. The van der Waals surface area contributed by atoms with Gasteiger partial charge >= 0.3 is 6.16 Å². The van der Waals surface area contributed by atoms with E-state index in [9.17, 15) is 9.59 Å². The van der Waals surface area contributed by atoms with Gasteiger partial charge in [-0.1, -0.05) is 13.8 Å². The van der Waals surface area contributed by atoms with E-state index in [4.69, 9.17) is 19.9 Å². The summed E-state index contributed by atoms with van der Waals surface area (Å²) in [7, 11) is 0. The molecule has 7 heteroatoms. The Bertz CT molecular complexity index is 434. The summed E-state index contributed by atoms with van der Waals surface area (Å²) < 4.78 is 16.0. The lowest BCUT2D eigenvalue weighted by molar-refractivity contribution is -0.121. The second kappa shape index (κ2) is 9.52. The largest absolute Gasteiger partial charge is 0.513 e. The van der Waals surface area contributed by atoms with Crippen LogP contribution in [0.2, 0.25) is 0 Å². The Kier molecular flexibility index (Phi) is 8.05. The van der Waals surface area contributed by atoms with Crippen molar-refractivity contribution in [2.24, 2.45) is 5.73 Å². The van der Waals surface area contributed by atoms with Crippen LogP contribution in [0.1, 0.15) is 47.0 Å². The zero-order chi connectivity index (χ0) is 17.4. The number of rotatable bonds is 7. The summed E-state index contributed by atoms with van der Waals surface area (Å²) >= 11 is 0. The van der Waals surface area contributed by atoms with Crippen LogP contribution in [0.4, 0.5) is 4.79 Å². The number of nitrogens with one attached hydrogen (secondary N) is 1. The summed E-state index contributed by atoms with van der Waals surface area (Å²) in [5.41, 5.74) is 6.15. The van der Waals surface area contributed by atoms with E-state index in [0.29, 0.717) is 12.2 Å². The lowest BCUT2D eigenvalue weighted by Gasteiger charge is -2.36. The monoisotopic (exact) mass is 328 g/mol. The number of carbonyl (C=O) groups is 2. The number of hydrogen-bond donors (Lipinski definition) is 2. The van der Waals surface area contributed by atoms with Gasteiger partial charge in [0.25, 0.3) is 0 Å². The number of amides is 1. The summed E-state index contributed by atoms with van der Waals surface area (Å²) in [6, 6.07) is -0.768. The highest BCUT2D eigenvalue weighted by molar-refractivity contribution is 5.73. The van der Waals surface area contributed by atoms with E-state index >= 15 is 0 Å². The molecule has 1 rings (SSSR count). The van der Waals surface area contributed by atoms with Gasteiger partial charge in [-0.2, -0.15) is 0 Å². The van der Waals surface area contributed by atoms with Crippen LogP contribution in [0.3, 0.4) is 0 Å². The minimum absolute atomic E-state index is 0.0432. The highest BCUT2D eigenvalue weighted by Crippen LogP contribution is 2.24. The molecule has 23 heavy (non-hydrogen) atoms. The quantitative estimate of drug-likeness (QED) is 0.692. The molecule has 0 aliphatic heterocycles. The van der Waals surface area contributed by atoms with Gasteiger partial charge in [0.2, 0.25) is 5.91 Å². The maximum Gasteiger partial charge on any atom is 0.513 e. The van der Waals surface area contributed by atoms with E-state index in [1.807, 2.05) is 13.8 Å². The van der Waals surface area contributed by atoms with Crippen molar-refractivity contribution < 1.29 is 23.8 Å². The second-order valence-electron chi connectivity index (χ2n) is 5.55. The van der Waals surface area contributed by atoms with Crippen LogP contribution < -0.4 is 11.1 Å². The Morgan fingerprint density at radius 2 is 2.00 bits per heavy atom. The molecule has 0 heterocycles. The predicted molar refractivity (Wildman–Crippen MR) is 85.6 cm³/mol. The average Bonchev–Trinajstić information content (AvgIpc) is 2.48. The zero-order valence-electron chi connectivity index (χ0n) is 14.3. The Labute approximate surface area is 137 Å². The molecule has 0 spiro atoms. The molecule has 0 radical (unpaired) electrons. The van der Waals surface area contributed by atoms with Gasteiger partial charge in [0.1, 0.15) is 11.9 Å². The van der Waals surface area contributed by atoms with Crippen molar-refractivity contribution in [1.82, 2.24) is 5.32 Å². The van der Waals surface area contributed by atoms with E-state index in [-0.39, 0.29) is 24.7 Å². The van der Waals surface area contributed by atoms with Crippen molar-refractivity contribution in [3.8, 4) is 0 Å². The molecule has 0 bridgehead atoms. The Hall–Kier alpha value is -1.60. The summed E-state index contributed by atoms with van der Waals surface area (Å²) in [4.78, 5) is 22.9. The smallest absolute Gasteiger partial charge is 0.434 e. The van der Waals surface area contributed by atoms with Crippen molar-refractivity contribution in [2.75, 3.05) is 6.61 Å². The van der Waals surface area contributed by atoms with Crippen LogP contribution in [-0.2, 0) is 19.0 Å². The van der Waals surface area contributed by atoms with Crippen LogP contribution in [0.15, 0.2) is 11.8 Å². The third-order valence-electron chi connectivity index (χ3n) is 3.71. The number of carbonyl (C=O) groups excluding carboxylic acids is 2. The molecular formula is C16H28N2O5. The van der Waals surface area contributed by atoms with E-state index in [1.165, 1.54) is 6.92 Å². The van der Waals surface area contributed by atoms with Gasteiger partial charge in [-0.15, -0.1) is 0 Å². The van der Waals surface area contributed by atoms with Gasteiger partial charge in [-0.3, -0.25) is 4.79 Å². The zero-order valence-corrected chi connectivity index (χ0v) is 14.3. The number of ether oxygens (including phenoxy) is 3. The molecule has 1 aliphatic carbocycles. The second-order valence-corrected chi connectivity index (χ2v) is 5.55. The van der Waals surface area contributed by atoms with Crippen LogP contribution in [-0.4, -0.2) is 43.0 Å². The summed E-state index contributed by atoms with van der Waals surface area (Å²) in [5, 5.41) is 2.83. The topological polar surface area (TPSA) is 99.9 Å². The van der Waals surface area contributed by atoms with Gasteiger partial charge in [0.05, 0.1) is 18.8 Å². The first-order chi connectivity index (χ1) is 10.9. The van der Waals surface area contributed by atoms with Crippen LogP contribution in [0.5, 0.6) is 0 Å². The van der Waals surface area contributed by atoms with Gasteiger partial charge in [-0.25, -0.2) is 4.79 Å². The molecule has 1 aliphatic rings. The molecule has 3 N–H and O–H groups in total. The van der Waals surface area contributed by atoms with Gasteiger partial charge in [0, 0.05) is 19.4 Å². The van der Waals surface area contributed by atoms with Crippen molar-refractivity contribution in [3.05, 3.63) is 11.8 Å². The van der Waals surface area contributed by atoms with Crippen molar-refractivity contribution in [2.45, 2.75) is 71.2 Å². The molecule has 0 aromatic carbocycles. The molecular weight excluding hydrogens is 300 g/mol. The number of nitrogens with two attached hydrogens (primary N) is 1. The van der Waals surface area contributed by atoms with Gasteiger partial charge < -0.3 is 25.3 Å². The Morgan fingerprint density at radius 3 is 2.52 bits per heavy atom. The van der Waals surface area contributed by atoms with Crippen LogP contribution >= 0.6 is 0 Å². The van der Waals surface area contributed by atoms with Gasteiger partial charge in [-0.05, 0) is 25.8 Å². The first-order valence-corrected chi connectivity index (χ1v) is 8.14. The summed E-state index contributed by atoms with van der Waals surface area (Å²) in [6.07, 6.45) is 2.56. The Morgan fingerprint density at radius 1 is 1.35 bits per heavy atom. The maximum atomic E-state index is 11.5. The highest BCUT2D eigenvalue weighted by atomic mass is 16.7. The molecule has 3 atom stereocenters. The lowest BCUT2D eigenvalue weighted by Crippen LogP contribution is -2.56. The molecule has 0 saturated carbocycles. The van der Waals surface area contributed by atoms with Crippen molar-refractivity contribution in [3.63, 3.8) is 0 Å². The summed E-state index contributed by atoms with van der Waals surface area (Å²) in [6.45, 7) is 7.44. The predicted octanol–water partition coefficient (Wildman–Crippen LogP) is 1.85. The number of hydrogen-bond acceptors (Lipinski definition) is 6. The van der Waals surface area contributed by atoms with Gasteiger partial charge in [0.15, 0.2) is 0 Å². The highest BCUT2D eigenvalue weighted by Gasteiger charge is 2.35. The molecule has 0 aromatic rings.